The Morgan fingerprint density at radius 1 is 1.24 bits per heavy atom. The van der Waals surface area contributed by atoms with E-state index in [1.165, 1.54) is 0 Å². The van der Waals surface area contributed by atoms with Crippen molar-refractivity contribution in [3.8, 4) is 0 Å². The SMILES string of the molecule is CNCCCC(=O)NCC(C)(C)N(C)C.Cl.Cl. The zero-order valence-corrected chi connectivity index (χ0v) is 13.1. The van der Waals surface area contributed by atoms with Gasteiger partial charge >= 0.3 is 0 Å². The van der Waals surface area contributed by atoms with Crippen molar-refractivity contribution in [2.45, 2.75) is 32.2 Å². The highest BCUT2D eigenvalue weighted by Crippen LogP contribution is 2.07. The van der Waals surface area contributed by atoms with Crippen LogP contribution < -0.4 is 10.6 Å². The summed E-state index contributed by atoms with van der Waals surface area (Å²) in [6.07, 6.45) is 1.50. The summed E-state index contributed by atoms with van der Waals surface area (Å²) in [5, 5.41) is 5.98. The van der Waals surface area contributed by atoms with Crippen LogP contribution in [0.3, 0.4) is 0 Å². The zero-order valence-electron chi connectivity index (χ0n) is 11.5. The van der Waals surface area contributed by atoms with Crippen molar-refractivity contribution in [2.24, 2.45) is 0 Å². The van der Waals surface area contributed by atoms with Gasteiger partial charge in [-0.2, -0.15) is 0 Å². The van der Waals surface area contributed by atoms with Gasteiger partial charge in [0.2, 0.25) is 5.91 Å². The Labute approximate surface area is 118 Å². The van der Waals surface area contributed by atoms with Crippen molar-refractivity contribution in [2.75, 3.05) is 34.2 Å². The summed E-state index contributed by atoms with van der Waals surface area (Å²) in [6.45, 7) is 5.81. The fraction of sp³-hybridized carbons (Fsp3) is 0.909. The predicted molar refractivity (Wildman–Crippen MR) is 78.4 cm³/mol. The number of likely N-dealkylation sites (N-methyl/N-ethyl adjacent to an activating group) is 1. The number of nitrogens with zero attached hydrogens (tertiary/aromatic N) is 1. The smallest absolute Gasteiger partial charge is 0.220 e. The van der Waals surface area contributed by atoms with Crippen molar-refractivity contribution in [1.29, 1.82) is 0 Å². The minimum atomic E-state index is 0. The molecule has 0 rings (SSSR count). The zero-order chi connectivity index (χ0) is 11.9. The Hall–Kier alpha value is -0.0300. The molecule has 0 saturated heterocycles. The van der Waals surface area contributed by atoms with Gasteiger partial charge in [-0.3, -0.25) is 4.79 Å². The van der Waals surface area contributed by atoms with E-state index in [0.717, 1.165) is 13.0 Å². The average molecular weight is 288 g/mol. The minimum Gasteiger partial charge on any atom is -0.354 e. The highest BCUT2D eigenvalue weighted by atomic mass is 35.5. The lowest BCUT2D eigenvalue weighted by Crippen LogP contribution is -2.48. The van der Waals surface area contributed by atoms with Crippen LogP contribution in [0.25, 0.3) is 0 Å². The van der Waals surface area contributed by atoms with Gasteiger partial charge in [0.25, 0.3) is 0 Å². The normalized spacial score (nSPS) is 10.5. The Bertz CT molecular complexity index is 199. The molecule has 17 heavy (non-hydrogen) atoms. The number of nitrogens with one attached hydrogen (secondary N) is 2. The topological polar surface area (TPSA) is 44.4 Å². The standard InChI is InChI=1S/C11H25N3O.2ClH/c1-11(2,14(4)5)9-13-10(15)7-6-8-12-3;;/h12H,6-9H2,1-5H3,(H,13,15);2*1H. The molecule has 0 spiro atoms. The number of hydrogen-bond donors (Lipinski definition) is 2. The first-order valence-corrected chi connectivity index (χ1v) is 5.49. The van der Waals surface area contributed by atoms with Crippen LogP contribution in [0.2, 0.25) is 0 Å². The molecule has 0 heterocycles. The van der Waals surface area contributed by atoms with Crippen LogP contribution in [0.1, 0.15) is 26.7 Å². The third-order valence-electron chi connectivity index (χ3n) is 2.76. The minimum absolute atomic E-state index is 0. The monoisotopic (exact) mass is 287 g/mol. The van der Waals surface area contributed by atoms with Gasteiger partial charge in [0.1, 0.15) is 0 Å². The molecule has 6 heteroatoms. The molecule has 0 aliphatic rings. The van der Waals surface area contributed by atoms with E-state index in [1.54, 1.807) is 0 Å². The molecule has 2 N–H and O–H groups in total. The maximum Gasteiger partial charge on any atom is 0.220 e. The van der Waals surface area contributed by atoms with Gasteiger partial charge in [0.05, 0.1) is 0 Å². The number of hydrogen-bond acceptors (Lipinski definition) is 3. The van der Waals surface area contributed by atoms with Gasteiger partial charge in [-0.15, -0.1) is 24.8 Å². The Kier molecular flexibility index (Phi) is 14.5. The summed E-state index contributed by atoms with van der Waals surface area (Å²) in [5.74, 6) is 0.139. The molecule has 0 bridgehead atoms. The van der Waals surface area contributed by atoms with E-state index in [-0.39, 0.29) is 36.3 Å². The van der Waals surface area contributed by atoms with E-state index >= 15 is 0 Å². The van der Waals surface area contributed by atoms with E-state index in [0.29, 0.717) is 13.0 Å². The Morgan fingerprint density at radius 2 is 1.76 bits per heavy atom. The molecule has 0 fully saturated rings. The van der Waals surface area contributed by atoms with Gasteiger partial charge in [-0.25, -0.2) is 0 Å². The molecule has 1 amide bonds. The third-order valence-corrected chi connectivity index (χ3v) is 2.76. The molecule has 0 aliphatic carbocycles. The van der Waals surface area contributed by atoms with Crippen molar-refractivity contribution in [3.05, 3.63) is 0 Å². The van der Waals surface area contributed by atoms with Crippen LogP contribution in [0, 0.1) is 0 Å². The summed E-state index contributed by atoms with van der Waals surface area (Å²) in [7, 11) is 5.94. The molecule has 0 aromatic rings. The second-order valence-corrected chi connectivity index (χ2v) is 4.69. The quantitative estimate of drug-likeness (QED) is 0.694. The lowest BCUT2D eigenvalue weighted by Gasteiger charge is -2.32. The van der Waals surface area contributed by atoms with Gasteiger partial charge in [-0.1, -0.05) is 0 Å². The van der Waals surface area contributed by atoms with Gasteiger partial charge in [0.15, 0.2) is 0 Å². The van der Waals surface area contributed by atoms with E-state index in [2.05, 4.69) is 29.4 Å². The van der Waals surface area contributed by atoms with Crippen molar-refractivity contribution >= 4 is 30.7 Å². The van der Waals surface area contributed by atoms with E-state index < -0.39 is 0 Å². The molecule has 0 aromatic heterocycles. The molecule has 0 aromatic carbocycles. The first kappa shape index (κ1) is 22.2. The molecular formula is C11H27Cl2N3O. The van der Waals surface area contributed by atoms with Crippen LogP contribution in [0.4, 0.5) is 0 Å². The predicted octanol–water partition coefficient (Wildman–Crippen LogP) is 1.29. The molecule has 0 radical (unpaired) electrons. The van der Waals surface area contributed by atoms with Crippen LogP contribution in [-0.4, -0.2) is 50.6 Å². The molecule has 106 valence electrons. The van der Waals surface area contributed by atoms with E-state index in [4.69, 9.17) is 0 Å². The van der Waals surface area contributed by atoms with Crippen LogP contribution in [0.5, 0.6) is 0 Å². The maximum absolute atomic E-state index is 11.4. The lowest BCUT2D eigenvalue weighted by atomic mass is 10.0. The van der Waals surface area contributed by atoms with Gasteiger partial charge in [0, 0.05) is 18.5 Å². The number of halogens is 2. The fourth-order valence-electron chi connectivity index (χ4n) is 0.987. The maximum atomic E-state index is 11.4. The number of carbonyl (C=O) groups is 1. The Balaban J connectivity index is -0.000000980. The van der Waals surface area contributed by atoms with Crippen molar-refractivity contribution in [3.63, 3.8) is 0 Å². The van der Waals surface area contributed by atoms with Crippen LogP contribution in [-0.2, 0) is 4.79 Å². The van der Waals surface area contributed by atoms with Crippen molar-refractivity contribution < 1.29 is 4.79 Å². The summed E-state index contributed by atoms with van der Waals surface area (Å²) in [5.41, 5.74) is 0.0126. The molecular weight excluding hydrogens is 261 g/mol. The fourth-order valence-corrected chi connectivity index (χ4v) is 0.987. The van der Waals surface area contributed by atoms with Gasteiger partial charge in [-0.05, 0) is 48.0 Å². The second kappa shape index (κ2) is 11.1. The molecule has 0 atom stereocenters. The Morgan fingerprint density at radius 3 is 2.18 bits per heavy atom. The second-order valence-electron chi connectivity index (χ2n) is 4.69. The highest BCUT2D eigenvalue weighted by molar-refractivity contribution is 5.85. The molecule has 4 nitrogen and oxygen atoms in total. The van der Waals surface area contributed by atoms with Gasteiger partial charge < -0.3 is 15.5 Å². The number of carbonyl (C=O) groups excluding carboxylic acids is 1. The lowest BCUT2D eigenvalue weighted by molar-refractivity contribution is -0.121. The number of rotatable bonds is 7. The molecule has 0 unspecified atom stereocenters. The molecule has 0 aliphatic heterocycles. The summed E-state index contributed by atoms with van der Waals surface area (Å²) >= 11 is 0. The largest absolute Gasteiger partial charge is 0.354 e. The number of amides is 1. The molecule has 0 saturated carbocycles. The van der Waals surface area contributed by atoms with Crippen LogP contribution >= 0.6 is 24.8 Å². The average Bonchev–Trinajstić information content (AvgIpc) is 2.15. The van der Waals surface area contributed by atoms with Crippen LogP contribution in [0.15, 0.2) is 0 Å². The first-order valence-electron chi connectivity index (χ1n) is 5.49. The van der Waals surface area contributed by atoms with E-state index in [9.17, 15) is 4.79 Å². The van der Waals surface area contributed by atoms with E-state index in [1.807, 2.05) is 21.1 Å². The summed E-state index contributed by atoms with van der Waals surface area (Å²) in [4.78, 5) is 13.5. The first-order chi connectivity index (χ1) is 6.90. The highest BCUT2D eigenvalue weighted by Gasteiger charge is 2.20. The third kappa shape index (κ3) is 10.8. The summed E-state index contributed by atoms with van der Waals surface area (Å²) < 4.78 is 0. The van der Waals surface area contributed by atoms with Crippen molar-refractivity contribution in [1.82, 2.24) is 15.5 Å². The summed E-state index contributed by atoms with van der Waals surface area (Å²) in [6, 6.07) is 0.